The Labute approximate surface area is 116 Å². The van der Waals surface area contributed by atoms with Gasteiger partial charge in [-0.05, 0) is 12.1 Å². The highest BCUT2D eigenvalue weighted by Crippen LogP contribution is 2.45. The lowest BCUT2D eigenvalue weighted by Gasteiger charge is -2.33. The lowest BCUT2D eigenvalue weighted by Crippen LogP contribution is -2.44. The van der Waals surface area contributed by atoms with Crippen LogP contribution < -0.4 is 19.7 Å². The van der Waals surface area contributed by atoms with Crippen LogP contribution in [0.15, 0.2) is 12.1 Å². The lowest BCUT2D eigenvalue weighted by molar-refractivity contribution is 0.145. The second-order valence-electron chi connectivity index (χ2n) is 4.30. The van der Waals surface area contributed by atoms with Crippen molar-refractivity contribution >= 4 is 28.9 Å². The van der Waals surface area contributed by atoms with Crippen LogP contribution in [0.5, 0.6) is 11.5 Å². The van der Waals surface area contributed by atoms with Crippen LogP contribution in [0, 0.1) is 0 Å². The van der Waals surface area contributed by atoms with E-state index >= 15 is 0 Å². The number of fused-ring (bicyclic) bond motifs is 1. The van der Waals surface area contributed by atoms with Crippen LogP contribution in [0.1, 0.15) is 0 Å². The molecule has 0 aromatic heterocycles. The molecule has 0 spiro atoms. The number of hydrogen-bond acceptors (Lipinski definition) is 4. The van der Waals surface area contributed by atoms with Gasteiger partial charge in [0.15, 0.2) is 11.5 Å². The van der Waals surface area contributed by atoms with Crippen molar-refractivity contribution in [2.24, 2.45) is 0 Å². The molecule has 18 heavy (non-hydrogen) atoms. The summed E-state index contributed by atoms with van der Waals surface area (Å²) in [6.07, 6.45) is 0. The van der Waals surface area contributed by atoms with Crippen molar-refractivity contribution in [1.82, 2.24) is 5.32 Å². The summed E-state index contributed by atoms with van der Waals surface area (Å²) in [5, 5.41) is 3.88. The van der Waals surface area contributed by atoms with Gasteiger partial charge in [0.05, 0.1) is 10.7 Å². The van der Waals surface area contributed by atoms with E-state index in [2.05, 4.69) is 10.2 Å². The summed E-state index contributed by atoms with van der Waals surface area (Å²) in [4.78, 5) is 2.25. The molecule has 0 aliphatic carbocycles. The van der Waals surface area contributed by atoms with E-state index in [0.717, 1.165) is 31.9 Å². The molecule has 0 bridgehead atoms. The molecule has 6 heteroatoms. The average molecular weight is 289 g/mol. The zero-order chi connectivity index (χ0) is 12.5. The number of alkyl halides is 1. The average Bonchev–Trinajstić information content (AvgIpc) is 2.40. The van der Waals surface area contributed by atoms with Gasteiger partial charge >= 0.3 is 0 Å². The fourth-order valence-corrected chi connectivity index (χ4v) is 2.60. The fraction of sp³-hybridized carbons (Fsp3) is 0.500. The normalized spacial score (nSPS) is 23.0. The highest BCUT2D eigenvalue weighted by atomic mass is 35.5. The molecule has 1 atom stereocenters. The van der Waals surface area contributed by atoms with E-state index in [9.17, 15) is 0 Å². The second-order valence-corrected chi connectivity index (χ2v) is 5.19. The summed E-state index contributed by atoms with van der Waals surface area (Å²) in [6, 6.07) is 3.81. The first-order valence-corrected chi connectivity index (χ1v) is 6.79. The molecular weight excluding hydrogens is 275 g/mol. The van der Waals surface area contributed by atoms with Gasteiger partial charge in [-0.15, -0.1) is 0 Å². The number of piperazine rings is 1. The summed E-state index contributed by atoms with van der Waals surface area (Å²) in [6.45, 7) is 4.11. The van der Waals surface area contributed by atoms with E-state index in [1.54, 1.807) is 0 Å². The van der Waals surface area contributed by atoms with Crippen LogP contribution in [0.3, 0.4) is 0 Å². The third-order valence-electron chi connectivity index (χ3n) is 3.11. The molecule has 4 nitrogen and oxygen atoms in total. The zero-order valence-electron chi connectivity index (χ0n) is 9.79. The topological polar surface area (TPSA) is 33.7 Å². The molecular formula is C12H14Cl2N2O2. The Kier molecular flexibility index (Phi) is 3.41. The van der Waals surface area contributed by atoms with Crippen molar-refractivity contribution in [1.29, 1.82) is 0 Å². The zero-order valence-corrected chi connectivity index (χ0v) is 11.3. The number of ether oxygens (including phenoxy) is 2. The molecule has 0 saturated carbocycles. The van der Waals surface area contributed by atoms with Gasteiger partial charge in [-0.25, -0.2) is 0 Å². The van der Waals surface area contributed by atoms with E-state index in [4.69, 9.17) is 32.7 Å². The first kappa shape index (κ1) is 12.2. The summed E-state index contributed by atoms with van der Waals surface area (Å²) in [5.41, 5.74) is 0.541. The van der Waals surface area contributed by atoms with Crippen molar-refractivity contribution in [2.45, 2.75) is 5.56 Å². The summed E-state index contributed by atoms with van der Waals surface area (Å²) >= 11 is 12.1. The molecule has 1 fully saturated rings. The number of nitrogens with zero attached hydrogens (tertiary/aromatic N) is 1. The Morgan fingerprint density at radius 3 is 2.78 bits per heavy atom. The van der Waals surface area contributed by atoms with Crippen LogP contribution in [0.4, 0.5) is 5.69 Å². The van der Waals surface area contributed by atoms with Crippen LogP contribution in [-0.2, 0) is 0 Å². The SMILES string of the molecule is Clc1ccc(N2CCNCC2)c2c1OCC(Cl)O2. The number of benzene rings is 1. The lowest BCUT2D eigenvalue weighted by atomic mass is 10.2. The number of rotatable bonds is 1. The Balaban J connectivity index is 1.98. The molecule has 2 heterocycles. The van der Waals surface area contributed by atoms with E-state index in [0.29, 0.717) is 23.1 Å². The van der Waals surface area contributed by atoms with E-state index in [1.807, 2.05) is 12.1 Å². The van der Waals surface area contributed by atoms with Crippen LogP contribution in [-0.4, -0.2) is 38.3 Å². The highest BCUT2D eigenvalue weighted by molar-refractivity contribution is 6.32. The van der Waals surface area contributed by atoms with Gasteiger partial charge in [-0.3, -0.25) is 0 Å². The van der Waals surface area contributed by atoms with Crippen LogP contribution in [0.25, 0.3) is 0 Å². The molecule has 98 valence electrons. The molecule has 0 amide bonds. The predicted octanol–water partition coefficient (Wildman–Crippen LogP) is 2.09. The standard InChI is InChI=1S/C12H14Cl2N2O2/c13-8-1-2-9(16-5-3-15-4-6-16)12-11(8)17-7-10(14)18-12/h1-2,10,15H,3-7H2. The first-order chi connectivity index (χ1) is 8.75. The third kappa shape index (κ3) is 2.20. The maximum atomic E-state index is 6.12. The maximum Gasteiger partial charge on any atom is 0.206 e. The Hall–Kier alpha value is -0.840. The molecule has 0 radical (unpaired) electrons. The van der Waals surface area contributed by atoms with E-state index < -0.39 is 5.56 Å². The van der Waals surface area contributed by atoms with Gasteiger partial charge in [0, 0.05) is 26.2 Å². The van der Waals surface area contributed by atoms with Crippen LogP contribution >= 0.6 is 23.2 Å². The molecule has 2 aliphatic heterocycles. The van der Waals surface area contributed by atoms with Gasteiger partial charge < -0.3 is 19.7 Å². The molecule has 1 unspecified atom stereocenters. The predicted molar refractivity (Wildman–Crippen MR) is 72.3 cm³/mol. The Morgan fingerprint density at radius 2 is 2.00 bits per heavy atom. The van der Waals surface area contributed by atoms with Crippen molar-refractivity contribution < 1.29 is 9.47 Å². The van der Waals surface area contributed by atoms with Gasteiger partial charge in [0.2, 0.25) is 5.56 Å². The number of nitrogens with one attached hydrogen (secondary N) is 1. The number of hydrogen-bond donors (Lipinski definition) is 1. The number of anilines is 1. The number of halogens is 2. The van der Waals surface area contributed by atoms with E-state index in [1.165, 1.54) is 0 Å². The van der Waals surface area contributed by atoms with Crippen molar-refractivity contribution in [3.8, 4) is 11.5 Å². The monoisotopic (exact) mass is 288 g/mol. The van der Waals surface area contributed by atoms with Crippen molar-refractivity contribution in [3.05, 3.63) is 17.2 Å². The minimum atomic E-state index is -0.461. The quantitative estimate of drug-likeness (QED) is 0.803. The second kappa shape index (κ2) is 5.03. The van der Waals surface area contributed by atoms with Gasteiger partial charge in [-0.1, -0.05) is 23.2 Å². The molecule has 2 aliphatic rings. The van der Waals surface area contributed by atoms with E-state index in [-0.39, 0.29) is 0 Å². The van der Waals surface area contributed by atoms with Crippen LogP contribution in [0.2, 0.25) is 5.02 Å². The Bertz CT molecular complexity index is 450. The fourth-order valence-electron chi connectivity index (χ4n) is 2.24. The minimum Gasteiger partial charge on any atom is -0.483 e. The Morgan fingerprint density at radius 1 is 1.22 bits per heavy atom. The molecule has 1 saturated heterocycles. The summed E-state index contributed by atoms with van der Waals surface area (Å²) in [5.74, 6) is 1.26. The molecule has 3 rings (SSSR count). The van der Waals surface area contributed by atoms with Gasteiger partial charge in [-0.2, -0.15) is 0 Å². The van der Waals surface area contributed by atoms with Crippen molar-refractivity contribution in [3.63, 3.8) is 0 Å². The van der Waals surface area contributed by atoms with Gasteiger partial charge in [0.1, 0.15) is 6.61 Å². The maximum absolute atomic E-state index is 6.12. The molecule has 1 aromatic carbocycles. The van der Waals surface area contributed by atoms with Crippen molar-refractivity contribution in [2.75, 3.05) is 37.7 Å². The van der Waals surface area contributed by atoms with Gasteiger partial charge in [0.25, 0.3) is 0 Å². The first-order valence-electron chi connectivity index (χ1n) is 5.97. The molecule has 1 aromatic rings. The minimum absolute atomic E-state index is 0.319. The summed E-state index contributed by atoms with van der Waals surface area (Å²) < 4.78 is 11.3. The summed E-state index contributed by atoms with van der Waals surface area (Å²) in [7, 11) is 0. The molecule has 1 N–H and O–H groups in total. The largest absolute Gasteiger partial charge is 0.483 e. The smallest absolute Gasteiger partial charge is 0.206 e. The highest BCUT2D eigenvalue weighted by Gasteiger charge is 2.27. The third-order valence-corrected chi connectivity index (χ3v) is 3.62.